The smallest absolute Gasteiger partial charge is 0.335 e. The molecule has 2 aromatic carbocycles. The van der Waals surface area contributed by atoms with Gasteiger partial charge in [0.15, 0.2) is 11.5 Å². The Hall–Kier alpha value is -3.36. The molecule has 3 aromatic rings. The Morgan fingerprint density at radius 1 is 1.12 bits per heavy atom. The maximum absolute atomic E-state index is 13.5. The second-order valence-corrected chi connectivity index (χ2v) is 11.8. The number of thiophene rings is 1. The third-order valence-electron chi connectivity index (χ3n) is 7.46. The molecule has 0 aliphatic heterocycles. The number of hydrogen-bond donors (Lipinski definition) is 2. The first-order valence-corrected chi connectivity index (χ1v) is 14.9. The summed E-state index contributed by atoms with van der Waals surface area (Å²) in [7, 11) is 1.53. The molecule has 5 rings (SSSR count). The normalized spacial score (nSPS) is 15.6. The molecule has 1 heterocycles. The Kier molecular flexibility index (Phi) is 9.07. The number of hydrogen-bond acceptors (Lipinski definition) is 6. The molecule has 1 amide bonds. The van der Waals surface area contributed by atoms with E-state index >= 15 is 0 Å². The number of aryl methyl sites for hydroxylation is 1. The molecule has 40 heavy (non-hydrogen) atoms. The Balaban J connectivity index is 1.37. The number of carbonyl (C=O) groups is 2. The van der Waals surface area contributed by atoms with Crippen molar-refractivity contribution in [1.29, 1.82) is 0 Å². The van der Waals surface area contributed by atoms with E-state index in [2.05, 4.69) is 5.32 Å². The fourth-order valence-corrected chi connectivity index (χ4v) is 6.92. The van der Waals surface area contributed by atoms with Gasteiger partial charge in [-0.3, -0.25) is 4.79 Å². The van der Waals surface area contributed by atoms with Crippen molar-refractivity contribution in [2.45, 2.75) is 70.4 Å². The Bertz CT molecular complexity index is 1430. The Labute approximate surface area is 243 Å². The molecule has 0 unspecified atom stereocenters. The van der Waals surface area contributed by atoms with Crippen LogP contribution < -0.4 is 14.8 Å². The highest BCUT2D eigenvalue weighted by Crippen LogP contribution is 2.41. The minimum absolute atomic E-state index is 0.00946. The molecular formula is C31H33ClN2O5S. The van der Waals surface area contributed by atoms with Crippen LogP contribution in [-0.2, 0) is 19.4 Å². The lowest BCUT2D eigenvalue weighted by molar-refractivity contribution is 0.0696. The molecule has 0 radical (unpaired) electrons. The van der Waals surface area contributed by atoms with E-state index < -0.39 is 5.97 Å². The summed E-state index contributed by atoms with van der Waals surface area (Å²) < 4.78 is 11.5. The van der Waals surface area contributed by atoms with E-state index in [4.69, 9.17) is 26.1 Å². The van der Waals surface area contributed by atoms with Crippen molar-refractivity contribution in [3.8, 4) is 11.5 Å². The van der Waals surface area contributed by atoms with E-state index in [1.165, 1.54) is 24.5 Å². The molecule has 1 aromatic heterocycles. The number of halogens is 1. The Morgan fingerprint density at radius 2 is 1.93 bits per heavy atom. The summed E-state index contributed by atoms with van der Waals surface area (Å²) in [5.74, 6) is -0.211. The van der Waals surface area contributed by atoms with Crippen LogP contribution in [0.4, 0.5) is 5.00 Å². The van der Waals surface area contributed by atoms with Crippen LogP contribution in [-0.4, -0.2) is 36.3 Å². The van der Waals surface area contributed by atoms with Crippen LogP contribution >= 0.6 is 22.9 Å². The highest BCUT2D eigenvalue weighted by Gasteiger charge is 2.27. The lowest BCUT2D eigenvalue weighted by Gasteiger charge is -2.23. The van der Waals surface area contributed by atoms with Crippen LogP contribution in [0.25, 0.3) is 0 Å². The average molecular weight is 581 g/mol. The molecular weight excluding hydrogens is 548 g/mol. The highest BCUT2D eigenvalue weighted by molar-refractivity contribution is 7.16. The van der Waals surface area contributed by atoms with Crippen molar-refractivity contribution in [2.75, 3.05) is 7.11 Å². The van der Waals surface area contributed by atoms with Crippen molar-refractivity contribution in [3.05, 3.63) is 74.1 Å². The average Bonchev–Trinajstić information content (AvgIpc) is 3.34. The minimum atomic E-state index is -0.998. The van der Waals surface area contributed by atoms with Gasteiger partial charge in [0.05, 0.1) is 23.3 Å². The van der Waals surface area contributed by atoms with Gasteiger partial charge < -0.3 is 19.9 Å². The molecule has 0 atom stereocenters. The quantitative estimate of drug-likeness (QED) is 0.257. The van der Waals surface area contributed by atoms with E-state index in [-0.39, 0.29) is 24.1 Å². The lowest BCUT2D eigenvalue weighted by atomic mass is 9.93. The summed E-state index contributed by atoms with van der Waals surface area (Å²) in [6.07, 6.45) is 11.5. The molecule has 2 N–H and O–H groups in total. The van der Waals surface area contributed by atoms with Gasteiger partial charge in [-0.05, 0) is 79.5 Å². The molecule has 1 fully saturated rings. The van der Waals surface area contributed by atoms with Gasteiger partial charge in [-0.15, -0.1) is 11.3 Å². The van der Waals surface area contributed by atoms with Crippen molar-refractivity contribution in [3.63, 3.8) is 0 Å². The van der Waals surface area contributed by atoms with E-state index in [0.717, 1.165) is 67.5 Å². The van der Waals surface area contributed by atoms with Gasteiger partial charge in [0.25, 0.3) is 5.91 Å². The van der Waals surface area contributed by atoms with Crippen molar-refractivity contribution in [2.24, 2.45) is 4.99 Å². The molecule has 210 valence electrons. The number of amides is 1. The largest absolute Gasteiger partial charge is 0.493 e. The third-order valence-corrected chi connectivity index (χ3v) is 8.94. The second-order valence-electron chi connectivity index (χ2n) is 10.3. The summed E-state index contributed by atoms with van der Waals surface area (Å²) in [5, 5.41) is 13.6. The topological polar surface area (TPSA) is 97.2 Å². The van der Waals surface area contributed by atoms with E-state index in [1.54, 1.807) is 47.9 Å². The number of aliphatic imine (C=N–C) groups is 1. The Morgan fingerprint density at radius 3 is 2.70 bits per heavy atom. The van der Waals surface area contributed by atoms with Crippen LogP contribution in [0.15, 0.2) is 41.4 Å². The molecule has 2 aliphatic rings. The van der Waals surface area contributed by atoms with Crippen molar-refractivity contribution < 1.29 is 24.2 Å². The zero-order valence-electron chi connectivity index (χ0n) is 22.5. The predicted octanol–water partition coefficient (Wildman–Crippen LogP) is 7.38. The summed E-state index contributed by atoms with van der Waals surface area (Å²) in [6.45, 7) is 0.130. The van der Waals surface area contributed by atoms with Gasteiger partial charge in [-0.1, -0.05) is 43.0 Å². The number of rotatable bonds is 9. The molecule has 1 saturated carbocycles. The van der Waals surface area contributed by atoms with Gasteiger partial charge in [0.2, 0.25) is 0 Å². The molecule has 9 heteroatoms. The molecule has 2 aliphatic carbocycles. The number of nitrogens with zero attached hydrogens (tertiary/aromatic N) is 1. The van der Waals surface area contributed by atoms with Crippen LogP contribution in [0, 0.1) is 0 Å². The first kappa shape index (κ1) is 28.2. The van der Waals surface area contributed by atoms with Crippen LogP contribution in [0.2, 0.25) is 5.02 Å². The number of carbonyl (C=O) groups excluding carboxylic acids is 1. The zero-order valence-corrected chi connectivity index (χ0v) is 24.1. The van der Waals surface area contributed by atoms with Crippen LogP contribution in [0.1, 0.15) is 87.2 Å². The number of carboxylic acid groups (broad SMARTS) is 1. The number of aromatic carboxylic acids is 1. The fourth-order valence-electron chi connectivity index (χ4n) is 5.42. The summed E-state index contributed by atoms with van der Waals surface area (Å²) in [4.78, 5) is 30.8. The minimum Gasteiger partial charge on any atom is -0.493 e. The van der Waals surface area contributed by atoms with Gasteiger partial charge in [0.1, 0.15) is 11.6 Å². The maximum atomic E-state index is 13.5. The van der Waals surface area contributed by atoms with Crippen molar-refractivity contribution >= 4 is 46.0 Å². The van der Waals surface area contributed by atoms with Gasteiger partial charge in [-0.2, -0.15) is 0 Å². The number of fused-ring (bicyclic) bond motifs is 1. The second kappa shape index (κ2) is 12.9. The SMILES string of the molecule is COc1cc(C=Nc2sc3c(c2C(=O)NC2CCCCC2)CCCC3)cc(Cl)c1OCc1cccc(C(=O)O)c1. The zero-order chi connectivity index (χ0) is 28.1. The number of ether oxygens (including phenoxy) is 2. The third kappa shape index (κ3) is 6.50. The summed E-state index contributed by atoms with van der Waals surface area (Å²) in [5.41, 5.74) is 3.48. The summed E-state index contributed by atoms with van der Waals surface area (Å²) >= 11 is 8.20. The van der Waals surface area contributed by atoms with E-state index in [0.29, 0.717) is 27.6 Å². The lowest BCUT2D eigenvalue weighted by Crippen LogP contribution is -2.36. The first-order valence-electron chi connectivity index (χ1n) is 13.7. The fraction of sp³-hybridized carbons (Fsp3) is 0.387. The molecule has 0 spiro atoms. The van der Waals surface area contributed by atoms with Gasteiger partial charge >= 0.3 is 5.97 Å². The number of methoxy groups -OCH3 is 1. The monoisotopic (exact) mass is 580 g/mol. The van der Waals surface area contributed by atoms with E-state index in [9.17, 15) is 14.7 Å². The molecule has 7 nitrogen and oxygen atoms in total. The standard InChI is InChI=1S/C31H33ClN2O5S/c1-38-25-16-20(15-24(32)28(25)39-18-19-8-7-9-21(14-19)31(36)37)17-33-30-27(23-12-5-6-13-26(23)40-30)29(35)34-22-10-3-2-4-11-22/h7-9,14-17,22H,2-6,10-13,18H2,1H3,(H,34,35)(H,36,37). The van der Waals surface area contributed by atoms with Crippen LogP contribution in [0.5, 0.6) is 11.5 Å². The molecule has 0 saturated heterocycles. The van der Waals surface area contributed by atoms with E-state index in [1.807, 2.05) is 0 Å². The number of nitrogens with one attached hydrogen (secondary N) is 1. The maximum Gasteiger partial charge on any atom is 0.335 e. The van der Waals surface area contributed by atoms with Gasteiger partial charge in [-0.25, -0.2) is 9.79 Å². The van der Waals surface area contributed by atoms with Gasteiger partial charge in [0, 0.05) is 17.1 Å². The highest BCUT2D eigenvalue weighted by atomic mass is 35.5. The summed E-state index contributed by atoms with van der Waals surface area (Å²) in [6, 6.07) is 10.3. The first-order chi connectivity index (χ1) is 19.4. The van der Waals surface area contributed by atoms with Crippen LogP contribution in [0.3, 0.4) is 0 Å². The molecule has 0 bridgehead atoms. The number of benzene rings is 2. The predicted molar refractivity (Wildman–Crippen MR) is 158 cm³/mol. The number of carboxylic acids is 1. The van der Waals surface area contributed by atoms with Crippen molar-refractivity contribution in [1.82, 2.24) is 5.32 Å².